The molecule has 0 spiro atoms. The molecule has 7 nitrogen and oxygen atoms in total. The summed E-state index contributed by atoms with van der Waals surface area (Å²) >= 11 is 0. The molecule has 0 aliphatic heterocycles. The first kappa shape index (κ1) is 21.7. The number of anilines is 1. The minimum Gasteiger partial charge on any atom is -0.369 e. The molecule has 0 aliphatic rings. The van der Waals surface area contributed by atoms with Crippen LogP contribution in [0.4, 0.5) is 5.82 Å². The van der Waals surface area contributed by atoms with E-state index in [2.05, 4.69) is 26.7 Å². The summed E-state index contributed by atoms with van der Waals surface area (Å²) in [5, 5.41) is 15.4. The first-order chi connectivity index (χ1) is 16.2. The van der Waals surface area contributed by atoms with Crippen molar-refractivity contribution >= 4 is 11.7 Å². The zero-order valence-corrected chi connectivity index (χ0v) is 17.9. The third-order valence-electron chi connectivity index (χ3n) is 5.00. The van der Waals surface area contributed by atoms with Crippen LogP contribution in [0.3, 0.4) is 0 Å². The van der Waals surface area contributed by atoms with Crippen LogP contribution in [-0.4, -0.2) is 27.4 Å². The van der Waals surface area contributed by atoms with Gasteiger partial charge in [0.2, 0.25) is 0 Å². The number of nitrogens with zero attached hydrogens (tertiary/aromatic N) is 4. The number of nitrogens with one attached hydrogen (secondary N) is 2. The van der Waals surface area contributed by atoms with E-state index < -0.39 is 0 Å². The second-order valence-electron chi connectivity index (χ2n) is 7.33. The van der Waals surface area contributed by atoms with Gasteiger partial charge in [0.15, 0.2) is 0 Å². The molecule has 0 saturated carbocycles. The fourth-order valence-electron chi connectivity index (χ4n) is 3.32. The molecular weight excluding hydrogens is 412 g/mol. The van der Waals surface area contributed by atoms with E-state index in [1.54, 1.807) is 42.9 Å². The van der Waals surface area contributed by atoms with Crippen LogP contribution in [-0.2, 0) is 13.0 Å². The maximum absolute atomic E-state index is 13.0. The summed E-state index contributed by atoms with van der Waals surface area (Å²) in [4.78, 5) is 26.1. The van der Waals surface area contributed by atoms with Crippen LogP contribution in [0.5, 0.6) is 0 Å². The highest BCUT2D eigenvalue weighted by Gasteiger charge is 2.15. The molecule has 3 aromatic heterocycles. The maximum atomic E-state index is 13.0. The SMILES string of the molecule is N#Cc1cccc(-c2ccc(C(=O)NCc3cccnc3)c(NCCc3ccccn3)n2)c1. The second-order valence-corrected chi connectivity index (χ2v) is 7.33. The average Bonchev–Trinajstić information content (AvgIpc) is 2.88. The molecule has 7 heteroatoms. The van der Waals surface area contributed by atoms with Crippen LogP contribution in [0.1, 0.15) is 27.2 Å². The molecule has 33 heavy (non-hydrogen) atoms. The lowest BCUT2D eigenvalue weighted by Gasteiger charge is -2.13. The molecule has 4 rings (SSSR count). The predicted molar refractivity (Wildman–Crippen MR) is 126 cm³/mol. The van der Waals surface area contributed by atoms with Crippen LogP contribution < -0.4 is 10.6 Å². The first-order valence-corrected chi connectivity index (χ1v) is 10.6. The van der Waals surface area contributed by atoms with Gasteiger partial charge in [0.05, 0.1) is 22.9 Å². The first-order valence-electron chi connectivity index (χ1n) is 10.6. The second kappa shape index (κ2) is 10.6. The number of hydrogen-bond donors (Lipinski definition) is 2. The van der Waals surface area contributed by atoms with E-state index in [1.807, 2.05) is 42.5 Å². The van der Waals surface area contributed by atoms with E-state index in [1.165, 1.54) is 0 Å². The minimum absolute atomic E-state index is 0.232. The molecule has 1 aromatic carbocycles. The van der Waals surface area contributed by atoms with E-state index >= 15 is 0 Å². The average molecular weight is 435 g/mol. The number of aromatic nitrogens is 3. The molecule has 2 N–H and O–H groups in total. The lowest BCUT2D eigenvalue weighted by Crippen LogP contribution is -2.25. The van der Waals surface area contributed by atoms with Crippen molar-refractivity contribution in [1.82, 2.24) is 20.3 Å². The Morgan fingerprint density at radius 1 is 1.00 bits per heavy atom. The van der Waals surface area contributed by atoms with Crippen molar-refractivity contribution in [1.29, 1.82) is 5.26 Å². The highest BCUT2D eigenvalue weighted by atomic mass is 16.1. The van der Waals surface area contributed by atoms with Crippen molar-refractivity contribution in [2.75, 3.05) is 11.9 Å². The van der Waals surface area contributed by atoms with E-state index in [4.69, 9.17) is 4.98 Å². The van der Waals surface area contributed by atoms with Gasteiger partial charge in [0.25, 0.3) is 5.91 Å². The number of carbonyl (C=O) groups is 1. The summed E-state index contributed by atoms with van der Waals surface area (Å²) in [6.45, 7) is 0.931. The number of carbonyl (C=O) groups excluding carboxylic acids is 1. The van der Waals surface area contributed by atoms with Gasteiger partial charge in [0.1, 0.15) is 5.82 Å². The molecule has 0 saturated heterocycles. The smallest absolute Gasteiger partial charge is 0.255 e. The van der Waals surface area contributed by atoms with Gasteiger partial charge in [-0.25, -0.2) is 4.98 Å². The van der Waals surface area contributed by atoms with Gasteiger partial charge in [-0.2, -0.15) is 5.26 Å². The Balaban J connectivity index is 1.56. The Morgan fingerprint density at radius 3 is 2.73 bits per heavy atom. The summed E-state index contributed by atoms with van der Waals surface area (Å²) in [5.74, 6) is 0.249. The van der Waals surface area contributed by atoms with Crippen molar-refractivity contribution in [3.05, 3.63) is 108 Å². The molecule has 162 valence electrons. The van der Waals surface area contributed by atoms with Gasteiger partial charge in [0, 0.05) is 49.4 Å². The van der Waals surface area contributed by atoms with Crippen LogP contribution in [0, 0.1) is 11.3 Å². The van der Waals surface area contributed by atoms with E-state index in [0.717, 1.165) is 16.8 Å². The molecule has 0 bridgehead atoms. The van der Waals surface area contributed by atoms with Gasteiger partial charge in [-0.3, -0.25) is 14.8 Å². The molecule has 1 amide bonds. The van der Waals surface area contributed by atoms with Crippen molar-refractivity contribution in [2.45, 2.75) is 13.0 Å². The summed E-state index contributed by atoms with van der Waals surface area (Å²) in [6.07, 6.45) is 5.86. The zero-order valence-electron chi connectivity index (χ0n) is 17.9. The monoisotopic (exact) mass is 434 g/mol. The predicted octanol–water partition coefficient (Wildman–Crippen LogP) is 3.99. The van der Waals surface area contributed by atoms with Crippen molar-refractivity contribution in [3.8, 4) is 17.3 Å². The highest BCUT2D eigenvalue weighted by Crippen LogP contribution is 2.23. The third kappa shape index (κ3) is 5.77. The molecule has 3 heterocycles. The molecule has 0 fully saturated rings. The lowest BCUT2D eigenvalue weighted by molar-refractivity contribution is 0.0951. The van der Waals surface area contributed by atoms with Gasteiger partial charge < -0.3 is 10.6 Å². The van der Waals surface area contributed by atoms with E-state index in [-0.39, 0.29) is 5.91 Å². The summed E-state index contributed by atoms with van der Waals surface area (Å²) in [6, 6.07) is 22.4. The molecular formula is C26H22N6O. The molecule has 4 aromatic rings. The zero-order chi connectivity index (χ0) is 22.9. The third-order valence-corrected chi connectivity index (χ3v) is 5.00. The van der Waals surface area contributed by atoms with Gasteiger partial charge >= 0.3 is 0 Å². The van der Waals surface area contributed by atoms with E-state index in [9.17, 15) is 10.1 Å². The Bertz CT molecular complexity index is 1270. The van der Waals surface area contributed by atoms with Gasteiger partial charge in [-0.05, 0) is 48.0 Å². The fourth-order valence-corrected chi connectivity index (χ4v) is 3.32. The van der Waals surface area contributed by atoms with Gasteiger partial charge in [-0.15, -0.1) is 0 Å². The summed E-state index contributed by atoms with van der Waals surface area (Å²) in [7, 11) is 0. The van der Waals surface area contributed by atoms with Crippen LogP contribution in [0.15, 0.2) is 85.3 Å². The molecule has 0 unspecified atom stereocenters. The van der Waals surface area contributed by atoms with Crippen LogP contribution in [0.25, 0.3) is 11.3 Å². The standard InChI is InChI=1S/C26H22N6O/c27-16-19-5-3-7-21(15-19)24-10-9-23(26(33)31-18-20-6-4-12-28-17-20)25(32-24)30-14-11-22-8-1-2-13-29-22/h1-10,12-13,15,17H,11,14,18H2,(H,30,32)(H,31,33). The Labute approximate surface area is 192 Å². The van der Waals surface area contributed by atoms with Crippen LogP contribution >= 0.6 is 0 Å². The molecule has 0 radical (unpaired) electrons. The Kier molecular flexibility index (Phi) is 6.98. The largest absolute Gasteiger partial charge is 0.369 e. The minimum atomic E-state index is -0.232. The summed E-state index contributed by atoms with van der Waals surface area (Å²) < 4.78 is 0. The van der Waals surface area contributed by atoms with Gasteiger partial charge in [-0.1, -0.05) is 24.3 Å². The number of benzene rings is 1. The molecule has 0 aliphatic carbocycles. The number of rotatable bonds is 8. The number of hydrogen-bond acceptors (Lipinski definition) is 6. The van der Waals surface area contributed by atoms with Crippen molar-refractivity contribution in [3.63, 3.8) is 0 Å². The Morgan fingerprint density at radius 2 is 1.94 bits per heavy atom. The number of amides is 1. The fraction of sp³-hybridized carbons (Fsp3) is 0.115. The van der Waals surface area contributed by atoms with Crippen molar-refractivity contribution < 1.29 is 4.79 Å². The Hall–Kier alpha value is -4.57. The number of pyridine rings is 3. The highest BCUT2D eigenvalue weighted by molar-refractivity contribution is 5.99. The maximum Gasteiger partial charge on any atom is 0.255 e. The topological polar surface area (TPSA) is 104 Å². The molecule has 0 atom stereocenters. The summed E-state index contributed by atoms with van der Waals surface area (Å²) in [5.41, 5.74) is 4.34. The quantitative estimate of drug-likeness (QED) is 0.435. The van der Waals surface area contributed by atoms with E-state index in [0.29, 0.717) is 42.1 Å². The lowest BCUT2D eigenvalue weighted by atomic mass is 10.1. The normalized spacial score (nSPS) is 10.3. The number of nitriles is 1. The van der Waals surface area contributed by atoms with Crippen molar-refractivity contribution in [2.24, 2.45) is 0 Å². The van der Waals surface area contributed by atoms with Crippen LogP contribution in [0.2, 0.25) is 0 Å².